The van der Waals surface area contributed by atoms with Gasteiger partial charge in [-0.05, 0) is 36.8 Å². The molecule has 0 N–H and O–H groups in total. The summed E-state index contributed by atoms with van der Waals surface area (Å²) in [5.74, 6) is 1.19. The van der Waals surface area contributed by atoms with Gasteiger partial charge in [-0.1, -0.05) is 48.5 Å². The summed E-state index contributed by atoms with van der Waals surface area (Å²) in [6.45, 7) is 1.99. The smallest absolute Gasteiger partial charge is 0.282 e. The third-order valence-corrected chi connectivity index (χ3v) is 4.59. The van der Waals surface area contributed by atoms with Crippen LogP contribution < -0.4 is 10.3 Å². The number of aromatic nitrogens is 2. The van der Waals surface area contributed by atoms with Crippen molar-refractivity contribution in [3.05, 3.63) is 94.3 Å². The molecule has 0 amide bonds. The number of ether oxygens (including phenoxy) is 1. The summed E-state index contributed by atoms with van der Waals surface area (Å²) in [7, 11) is 1.61. The highest BCUT2D eigenvalue weighted by molar-refractivity contribution is 5.84. The lowest BCUT2D eigenvalue weighted by Gasteiger charge is -2.11. The molecule has 5 nitrogen and oxygen atoms in total. The van der Waals surface area contributed by atoms with Gasteiger partial charge in [0.15, 0.2) is 5.82 Å². The van der Waals surface area contributed by atoms with Gasteiger partial charge in [0.25, 0.3) is 5.56 Å². The van der Waals surface area contributed by atoms with E-state index < -0.39 is 0 Å². The maximum atomic E-state index is 13.2. The van der Waals surface area contributed by atoms with Gasteiger partial charge in [0.2, 0.25) is 0 Å². The second-order valence-corrected chi connectivity index (χ2v) is 6.37. The molecule has 0 aliphatic rings. The summed E-state index contributed by atoms with van der Waals surface area (Å²) in [4.78, 5) is 17.9. The fourth-order valence-corrected chi connectivity index (χ4v) is 3.12. The second-order valence-electron chi connectivity index (χ2n) is 6.37. The normalized spacial score (nSPS) is 11.2. The second kappa shape index (κ2) is 7.48. The molecular formula is C23H19N3O2. The van der Waals surface area contributed by atoms with E-state index >= 15 is 0 Å². The summed E-state index contributed by atoms with van der Waals surface area (Å²) in [6.07, 6.45) is 1.62. The number of hydrogen-bond acceptors (Lipinski definition) is 4. The molecule has 0 radical (unpaired) electrons. The van der Waals surface area contributed by atoms with Crippen LogP contribution in [-0.4, -0.2) is 23.0 Å². The zero-order chi connectivity index (χ0) is 19.5. The Kier molecular flexibility index (Phi) is 4.72. The lowest BCUT2D eigenvalue weighted by Crippen LogP contribution is -2.20. The first-order valence-electron chi connectivity index (χ1n) is 8.94. The van der Waals surface area contributed by atoms with E-state index in [2.05, 4.69) is 5.10 Å². The quantitative estimate of drug-likeness (QED) is 0.505. The summed E-state index contributed by atoms with van der Waals surface area (Å²) in [5.41, 5.74) is 3.10. The molecule has 4 aromatic rings. The van der Waals surface area contributed by atoms with Gasteiger partial charge < -0.3 is 4.74 Å². The van der Waals surface area contributed by atoms with Crippen molar-refractivity contribution in [2.24, 2.45) is 5.10 Å². The fourth-order valence-electron chi connectivity index (χ4n) is 3.12. The molecule has 1 heterocycles. The number of benzene rings is 3. The number of hydrogen-bond donors (Lipinski definition) is 0. The van der Waals surface area contributed by atoms with Crippen molar-refractivity contribution in [2.75, 3.05) is 7.11 Å². The molecule has 3 aromatic carbocycles. The first kappa shape index (κ1) is 17.7. The van der Waals surface area contributed by atoms with Crippen LogP contribution >= 0.6 is 0 Å². The largest absolute Gasteiger partial charge is 0.496 e. The predicted octanol–water partition coefficient (Wildman–Crippen LogP) is 4.26. The Labute approximate surface area is 162 Å². The summed E-state index contributed by atoms with van der Waals surface area (Å²) >= 11 is 0. The zero-order valence-corrected chi connectivity index (χ0v) is 15.7. The van der Waals surface area contributed by atoms with E-state index in [9.17, 15) is 4.79 Å². The van der Waals surface area contributed by atoms with Crippen molar-refractivity contribution in [1.29, 1.82) is 0 Å². The Morgan fingerprint density at radius 2 is 1.68 bits per heavy atom. The highest BCUT2D eigenvalue weighted by Gasteiger charge is 2.13. The van der Waals surface area contributed by atoms with Crippen LogP contribution in [0.15, 0.2) is 82.7 Å². The molecule has 1 aromatic heterocycles. The molecule has 0 unspecified atom stereocenters. The average Bonchev–Trinajstić information content (AvgIpc) is 2.73. The number of fused-ring (bicyclic) bond motifs is 1. The summed E-state index contributed by atoms with van der Waals surface area (Å²) in [5, 5.41) is 5.01. The molecule has 0 spiro atoms. The van der Waals surface area contributed by atoms with E-state index in [0.717, 1.165) is 16.7 Å². The monoisotopic (exact) mass is 369 g/mol. The van der Waals surface area contributed by atoms with Gasteiger partial charge in [-0.3, -0.25) is 4.79 Å². The van der Waals surface area contributed by atoms with Crippen molar-refractivity contribution >= 4 is 17.1 Å². The van der Waals surface area contributed by atoms with Gasteiger partial charge in [-0.25, -0.2) is 4.98 Å². The Hall–Kier alpha value is -3.73. The van der Waals surface area contributed by atoms with E-state index in [1.54, 1.807) is 19.4 Å². The molecule has 138 valence electrons. The van der Waals surface area contributed by atoms with Crippen LogP contribution in [0.4, 0.5) is 0 Å². The van der Waals surface area contributed by atoms with Gasteiger partial charge in [0, 0.05) is 11.1 Å². The van der Waals surface area contributed by atoms with Crippen LogP contribution in [0.5, 0.6) is 5.75 Å². The molecule has 0 aliphatic heterocycles. The molecule has 0 atom stereocenters. The van der Waals surface area contributed by atoms with E-state index in [-0.39, 0.29) is 5.56 Å². The van der Waals surface area contributed by atoms with Gasteiger partial charge in [-0.2, -0.15) is 9.78 Å². The zero-order valence-electron chi connectivity index (χ0n) is 15.7. The Morgan fingerprint density at radius 3 is 2.50 bits per heavy atom. The number of para-hydroxylation sites is 2. The van der Waals surface area contributed by atoms with E-state index in [4.69, 9.17) is 9.72 Å². The Bertz CT molecular complexity index is 1240. The summed E-state index contributed by atoms with van der Waals surface area (Å²) in [6, 6.07) is 22.6. The number of methoxy groups -OCH3 is 1. The third kappa shape index (κ3) is 3.18. The van der Waals surface area contributed by atoms with E-state index in [0.29, 0.717) is 22.5 Å². The van der Waals surface area contributed by atoms with E-state index in [1.807, 2.05) is 73.7 Å². The predicted molar refractivity (Wildman–Crippen MR) is 112 cm³/mol. The third-order valence-electron chi connectivity index (χ3n) is 4.59. The molecule has 0 saturated heterocycles. The molecular weight excluding hydrogens is 350 g/mol. The van der Waals surface area contributed by atoms with Crippen LogP contribution in [0, 0.1) is 6.92 Å². The lowest BCUT2D eigenvalue weighted by molar-refractivity contribution is 0.414. The first-order valence-corrected chi connectivity index (χ1v) is 8.94. The summed E-state index contributed by atoms with van der Waals surface area (Å²) < 4.78 is 6.73. The maximum absolute atomic E-state index is 13.2. The Morgan fingerprint density at radius 1 is 0.964 bits per heavy atom. The molecule has 0 fully saturated rings. The van der Waals surface area contributed by atoms with Crippen molar-refractivity contribution in [3.63, 3.8) is 0 Å². The molecule has 0 aliphatic carbocycles. The molecule has 4 rings (SSSR count). The van der Waals surface area contributed by atoms with Crippen LogP contribution in [0.3, 0.4) is 0 Å². The molecule has 5 heteroatoms. The van der Waals surface area contributed by atoms with Crippen molar-refractivity contribution in [3.8, 4) is 17.1 Å². The molecule has 0 bridgehead atoms. The van der Waals surface area contributed by atoms with Gasteiger partial charge >= 0.3 is 0 Å². The van der Waals surface area contributed by atoms with E-state index in [1.165, 1.54) is 4.68 Å². The Balaban J connectivity index is 1.97. The molecule has 0 saturated carbocycles. The topological polar surface area (TPSA) is 56.5 Å². The van der Waals surface area contributed by atoms with Crippen LogP contribution in [-0.2, 0) is 0 Å². The lowest BCUT2D eigenvalue weighted by atomic mass is 10.1. The number of nitrogens with zero attached hydrogens (tertiary/aromatic N) is 3. The highest BCUT2D eigenvalue weighted by Crippen LogP contribution is 2.22. The van der Waals surface area contributed by atoms with Crippen molar-refractivity contribution in [2.45, 2.75) is 6.92 Å². The van der Waals surface area contributed by atoms with Crippen LogP contribution in [0.1, 0.15) is 11.1 Å². The maximum Gasteiger partial charge on any atom is 0.282 e. The standard InChI is InChI=1S/C23H19N3O2/c1-16-9-3-5-11-18(16)22-25-20-13-7-6-12-19(20)23(27)26(22)24-15-17-10-4-8-14-21(17)28-2/h3-15H,1-2H3. The average molecular weight is 369 g/mol. The van der Waals surface area contributed by atoms with Gasteiger partial charge in [0.1, 0.15) is 5.75 Å². The highest BCUT2D eigenvalue weighted by atomic mass is 16.5. The first-order chi connectivity index (χ1) is 13.7. The molecule has 28 heavy (non-hydrogen) atoms. The van der Waals surface area contributed by atoms with Gasteiger partial charge in [-0.15, -0.1) is 0 Å². The number of rotatable bonds is 4. The minimum Gasteiger partial charge on any atom is -0.496 e. The fraction of sp³-hybridized carbons (Fsp3) is 0.0870. The van der Waals surface area contributed by atoms with Gasteiger partial charge in [0.05, 0.1) is 24.2 Å². The number of aryl methyl sites for hydroxylation is 1. The SMILES string of the molecule is COc1ccccc1C=Nn1c(-c2ccccc2C)nc2ccccc2c1=O. The van der Waals surface area contributed by atoms with Crippen LogP contribution in [0.2, 0.25) is 0 Å². The minimum absolute atomic E-state index is 0.213. The van der Waals surface area contributed by atoms with Crippen molar-refractivity contribution in [1.82, 2.24) is 9.66 Å². The van der Waals surface area contributed by atoms with Crippen molar-refractivity contribution < 1.29 is 4.74 Å². The van der Waals surface area contributed by atoms with Crippen LogP contribution in [0.25, 0.3) is 22.3 Å². The minimum atomic E-state index is -0.213.